The van der Waals surface area contributed by atoms with Crippen LogP contribution >= 0.6 is 11.6 Å². The average Bonchev–Trinajstić information content (AvgIpc) is 2.88. The maximum atomic E-state index is 12.2. The molecule has 0 saturated heterocycles. The molecule has 25 heavy (non-hydrogen) atoms. The van der Waals surface area contributed by atoms with E-state index in [0.29, 0.717) is 16.5 Å². The van der Waals surface area contributed by atoms with Gasteiger partial charge in [-0.15, -0.1) is 5.10 Å². The van der Waals surface area contributed by atoms with Crippen molar-refractivity contribution >= 4 is 23.2 Å². The Hall–Kier alpha value is -2.93. The number of hydrogen-bond donors (Lipinski definition) is 1. The number of anilines is 1. The molecule has 3 aromatic rings. The van der Waals surface area contributed by atoms with Crippen LogP contribution in [0.25, 0.3) is 5.82 Å². The topological polar surface area (TPSA) is 81.8 Å². The van der Waals surface area contributed by atoms with E-state index in [0.717, 1.165) is 16.1 Å². The van der Waals surface area contributed by atoms with Crippen molar-refractivity contribution in [2.24, 2.45) is 0 Å². The van der Waals surface area contributed by atoms with E-state index in [1.807, 2.05) is 19.9 Å². The minimum atomic E-state index is -0.373. The van der Waals surface area contributed by atoms with Gasteiger partial charge in [0.15, 0.2) is 5.82 Å². The molecule has 0 atom stereocenters. The average molecular weight is 358 g/mol. The van der Waals surface area contributed by atoms with Gasteiger partial charge in [-0.05, 0) is 44.2 Å². The summed E-state index contributed by atoms with van der Waals surface area (Å²) < 4.78 is 2.73. The fourth-order valence-electron chi connectivity index (χ4n) is 2.43. The van der Waals surface area contributed by atoms with E-state index >= 15 is 0 Å². The summed E-state index contributed by atoms with van der Waals surface area (Å²) in [5.41, 5.74) is 1.92. The second-order valence-electron chi connectivity index (χ2n) is 5.58. The lowest BCUT2D eigenvalue weighted by Gasteiger charge is -2.09. The van der Waals surface area contributed by atoms with Crippen molar-refractivity contribution in [3.63, 3.8) is 0 Å². The highest BCUT2D eigenvalue weighted by atomic mass is 35.5. The fraction of sp³-hybridized carbons (Fsp3) is 0.176. The first-order valence-corrected chi connectivity index (χ1v) is 7.97. The number of halogens is 1. The normalized spacial score (nSPS) is 10.7. The van der Waals surface area contributed by atoms with Gasteiger partial charge in [-0.3, -0.25) is 9.59 Å². The lowest BCUT2D eigenvalue weighted by Crippen LogP contribution is -2.30. The molecule has 2 heterocycles. The van der Waals surface area contributed by atoms with Crippen LogP contribution < -0.4 is 10.9 Å². The molecule has 0 spiro atoms. The lowest BCUT2D eigenvalue weighted by molar-refractivity contribution is -0.117. The summed E-state index contributed by atoms with van der Waals surface area (Å²) in [7, 11) is 0. The number of nitrogens with zero attached hydrogens (tertiary/aromatic N) is 4. The van der Waals surface area contributed by atoms with Crippen LogP contribution in [0.1, 0.15) is 11.4 Å². The first-order chi connectivity index (χ1) is 11.9. The summed E-state index contributed by atoms with van der Waals surface area (Å²) >= 11 is 5.89. The molecule has 3 rings (SSSR count). The molecule has 1 amide bonds. The number of aromatic nitrogens is 4. The number of rotatable bonds is 4. The molecule has 8 heteroatoms. The van der Waals surface area contributed by atoms with Gasteiger partial charge in [0.1, 0.15) is 6.54 Å². The van der Waals surface area contributed by atoms with Crippen LogP contribution in [-0.2, 0) is 11.3 Å². The highest BCUT2D eigenvalue weighted by molar-refractivity contribution is 6.30. The smallest absolute Gasteiger partial charge is 0.267 e. The molecule has 0 aliphatic rings. The second-order valence-corrected chi connectivity index (χ2v) is 6.02. The van der Waals surface area contributed by atoms with Gasteiger partial charge < -0.3 is 5.32 Å². The predicted octanol–water partition coefficient (Wildman–Crippen LogP) is 2.34. The number of benzene rings is 1. The Kier molecular flexibility index (Phi) is 4.67. The molecule has 0 saturated carbocycles. The maximum Gasteiger partial charge on any atom is 0.267 e. The van der Waals surface area contributed by atoms with Gasteiger partial charge in [0.05, 0.1) is 5.69 Å². The summed E-state index contributed by atoms with van der Waals surface area (Å²) in [6.45, 7) is 3.55. The van der Waals surface area contributed by atoms with E-state index in [1.54, 1.807) is 35.0 Å². The summed E-state index contributed by atoms with van der Waals surface area (Å²) in [5.74, 6) is 0.100. The summed E-state index contributed by atoms with van der Waals surface area (Å²) in [6.07, 6.45) is 0. The van der Waals surface area contributed by atoms with Gasteiger partial charge in [-0.2, -0.15) is 5.10 Å². The molecule has 1 N–H and O–H groups in total. The number of carbonyl (C=O) groups excluding carboxylic acids is 1. The number of nitrogens with one attached hydrogen (secondary N) is 1. The van der Waals surface area contributed by atoms with E-state index in [-0.39, 0.29) is 18.0 Å². The first-order valence-electron chi connectivity index (χ1n) is 7.59. The fourth-order valence-corrected chi connectivity index (χ4v) is 2.62. The van der Waals surface area contributed by atoms with Crippen molar-refractivity contribution in [3.8, 4) is 5.82 Å². The van der Waals surface area contributed by atoms with E-state index < -0.39 is 0 Å². The molecule has 0 radical (unpaired) electrons. The summed E-state index contributed by atoms with van der Waals surface area (Å²) in [5, 5.41) is 11.8. The van der Waals surface area contributed by atoms with Crippen molar-refractivity contribution in [2.75, 3.05) is 5.32 Å². The number of amides is 1. The third kappa shape index (κ3) is 3.95. The monoisotopic (exact) mass is 357 g/mol. The van der Waals surface area contributed by atoms with Crippen molar-refractivity contribution in [1.29, 1.82) is 0 Å². The minimum absolute atomic E-state index is 0.210. The molecule has 0 fully saturated rings. The SMILES string of the molecule is Cc1cc(C)n(-c2ccc(=O)n(CC(=O)Nc3cccc(Cl)c3)n2)n1. The van der Waals surface area contributed by atoms with Crippen LogP contribution in [0, 0.1) is 13.8 Å². The minimum Gasteiger partial charge on any atom is -0.324 e. The molecule has 0 unspecified atom stereocenters. The van der Waals surface area contributed by atoms with Gasteiger partial charge in [-0.25, -0.2) is 9.36 Å². The molecular formula is C17H16ClN5O2. The second kappa shape index (κ2) is 6.90. The van der Waals surface area contributed by atoms with Gasteiger partial charge in [0, 0.05) is 22.5 Å². The van der Waals surface area contributed by atoms with Gasteiger partial charge in [0.25, 0.3) is 5.56 Å². The molecule has 2 aromatic heterocycles. The zero-order valence-corrected chi connectivity index (χ0v) is 14.5. The Morgan fingerprint density at radius 3 is 2.64 bits per heavy atom. The van der Waals surface area contributed by atoms with Crippen LogP contribution in [0.5, 0.6) is 0 Å². The Labute approximate surface area is 148 Å². The van der Waals surface area contributed by atoms with Crippen molar-refractivity contribution < 1.29 is 4.79 Å². The maximum absolute atomic E-state index is 12.2. The van der Waals surface area contributed by atoms with Crippen LogP contribution in [0.3, 0.4) is 0 Å². The number of carbonyl (C=O) groups is 1. The Balaban J connectivity index is 1.82. The number of hydrogen-bond acceptors (Lipinski definition) is 4. The Morgan fingerprint density at radius 1 is 1.16 bits per heavy atom. The molecule has 1 aromatic carbocycles. The standard InChI is InChI=1S/C17H16ClN5O2/c1-11-8-12(2)23(20-11)15-6-7-17(25)22(21-15)10-16(24)19-14-5-3-4-13(18)9-14/h3-9H,10H2,1-2H3,(H,19,24). The highest BCUT2D eigenvalue weighted by Crippen LogP contribution is 2.14. The molecule has 0 aliphatic heterocycles. The predicted molar refractivity (Wildman–Crippen MR) is 95.2 cm³/mol. The van der Waals surface area contributed by atoms with Crippen molar-refractivity contribution in [1.82, 2.24) is 19.6 Å². The molecule has 7 nitrogen and oxygen atoms in total. The van der Waals surface area contributed by atoms with Crippen LogP contribution in [0.4, 0.5) is 5.69 Å². The quantitative estimate of drug-likeness (QED) is 0.777. The summed E-state index contributed by atoms with van der Waals surface area (Å²) in [6, 6.07) is 11.6. The molecule has 0 aliphatic carbocycles. The zero-order valence-electron chi connectivity index (χ0n) is 13.7. The molecule has 128 valence electrons. The van der Waals surface area contributed by atoms with Crippen molar-refractivity contribution in [3.05, 3.63) is 69.2 Å². The zero-order chi connectivity index (χ0) is 18.0. The van der Waals surface area contributed by atoms with Crippen LogP contribution in [0.2, 0.25) is 5.02 Å². The molecular weight excluding hydrogens is 342 g/mol. The summed E-state index contributed by atoms with van der Waals surface area (Å²) in [4.78, 5) is 24.2. The third-order valence-electron chi connectivity index (χ3n) is 3.48. The van der Waals surface area contributed by atoms with E-state index in [1.165, 1.54) is 6.07 Å². The Morgan fingerprint density at radius 2 is 1.96 bits per heavy atom. The van der Waals surface area contributed by atoms with Gasteiger partial charge >= 0.3 is 0 Å². The molecule has 0 bridgehead atoms. The van der Waals surface area contributed by atoms with Crippen LogP contribution in [-0.4, -0.2) is 25.5 Å². The number of aryl methyl sites for hydroxylation is 2. The highest BCUT2D eigenvalue weighted by Gasteiger charge is 2.10. The largest absolute Gasteiger partial charge is 0.324 e. The van der Waals surface area contributed by atoms with Gasteiger partial charge in [0.2, 0.25) is 5.91 Å². The van der Waals surface area contributed by atoms with Crippen LogP contribution in [0.15, 0.2) is 47.3 Å². The van der Waals surface area contributed by atoms with Gasteiger partial charge in [-0.1, -0.05) is 17.7 Å². The van der Waals surface area contributed by atoms with E-state index in [2.05, 4.69) is 15.5 Å². The third-order valence-corrected chi connectivity index (χ3v) is 3.72. The Bertz CT molecular complexity index is 993. The first kappa shape index (κ1) is 16.9. The van der Waals surface area contributed by atoms with Crippen molar-refractivity contribution in [2.45, 2.75) is 20.4 Å². The van der Waals surface area contributed by atoms with E-state index in [9.17, 15) is 9.59 Å². The van der Waals surface area contributed by atoms with E-state index in [4.69, 9.17) is 11.6 Å². The lowest BCUT2D eigenvalue weighted by atomic mass is 10.3.